The van der Waals surface area contributed by atoms with Crippen LogP contribution < -0.4 is 0 Å². The zero-order valence-electron chi connectivity index (χ0n) is 11.9. The molecule has 1 N–H and O–H groups in total. The second-order valence-electron chi connectivity index (χ2n) is 4.00. The van der Waals surface area contributed by atoms with Crippen molar-refractivity contribution in [2.24, 2.45) is 0 Å². The van der Waals surface area contributed by atoms with E-state index >= 15 is 0 Å². The average molecular weight is 276 g/mol. The lowest BCUT2D eigenvalue weighted by molar-refractivity contribution is 0.0669. The molecule has 0 unspecified atom stereocenters. The minimum absolute atomic E-state index is 0.0904. The van der Waals surface area contributed by atoms with Gasteiger partial charge in [0.25, 0.3) is 5.91 Å². The standard InChI is InChI=1S/C15H20N2O3/c1-3-17(7-9-20-4-2)15(19)14-10-13(6-5-8-18)11-16-12-14/h10-12,18H,3-4,7-9H2,1-2H3. The number of aromatic nitrogens is 1. The Bertz CT molecular complexity index is 491. The molecule has 0 fully saturated rings. The molecule has 20 heavy (non-hydrogen) atoms. The Hall–Kier alpha value is -1.90. The zero-order valence-corrected chi connectivity index (χ0v) is 11.9. The Labute approximate surface area is 119 Å². The normalized spacial score (nSPS) is 9.75. The molecule has 0 saturated heterocycles. The number of nitrogens with zero attached hydrogens (tertiary/aromatic N) is 2. The first-order valence-electron chi connectivity index (χ1n) is 6.64. The SMILES string of the molecule is CCOCCN(CC)C(=O)c1cncc(C#CCO)c1. The number of hydrogen-bond donors (Lipinski definition) is 1. The van der Waals surface area contributed by atoms with Gasteiger partial charge in [0.15, 0.2) is 0 Å². The third-order valence-electron chi connectivity index (χ3n) is 2.68. The Morgan fingerprint density at radius 2 is 2.25 bits per heavy atom. The fourth-order valence-electron chi connectivity index (χ4n) is 1.67. The van der Waals surface area contributed by atoms with Gasteiger partial charge in [0.1, 0.15) is 6.61 Å². The molecule has 0 saturated carbocycles. The van der Waals surface area contributed by atoms with Crippen LogP contribution in [0.3, 0.4) is 0 Å². The lowest BCUT2D eigenvalue weighted by atomic mass is 10.2. The van der Waals surface area contributed by atoms with Gasteiger partial charge in [-0.2, -0.15) is 0 Å². The highest BCUT2D eigenvalue weighted by Gasteiger charge is 2.14. The molecule has 0 aliphatic rings. The third kappa shape index (κ3) is 5.00. The quantitative estimate of drug-likeness (QED) is 0.620. The molecule has 0 spiro atoms. The molecular formula is C15H20N2O3. The summed E-state index contributed by atoms with van der Waals surface area (Å²) >= 11 is 0. The van der Waals surface area contributed by atoms with Gasteiger partial charge in [-0.25, -0.2) is 0 Å². The Kier molecular flexibility index (Phi) is 7.33. The first-order valence-corrected chi connectivity index (χ1v) is 6.64. The summed E-state index contributed by atoms with van der Waals surface area (Å²) in [5.74, 6) is 5.19. The van der Waals surface area contributed by atoms with E-state index in [4.69, 9.17) is 9.84 Å². The van der Waals surface area contributed by atoms with Gasteiger partial charge >= 0.3 is 0 Å². The molecule has 1 aromatic heterocycles. The van der Waals surface area contributed by atoms with Crippen LogP contribution in [0.1, 0.15) is 29.8 Å². The van der Waals surface area contributed by atoms with Gasteiger partial charge < -0.3 is 14.7 Å². The second-order valence-corrected chi connectivity index (χ2v) is 4.00. The van der Waals surface area contributed by atoms with Gasteiger partial charge in [0, 0.05) is 37.7 Å². The summed E-state index contributed by atoms with van der Waals surface area (Å²) in [5.41, 5.74) is 1.11. The Morgan fingerprint density at radius 3 is 2.90 bits per heavy atom. The first-order chi connectivity index (χ1) is 9.72. The third-order valence-corrected chi connectivity index (χ3v) is 2.68. The van der Waals surface area contributed by atoms with Crippen LogP contribution in [0, 0.1) is 11.8 Å². The lowest BCUT2D eigenvalue weighted by Gasteiger charge is -2.20. The highest BCUT2D eigenvalue weighted by atomic mass is 16.5. The van der Waals surface area contributed by atoms with Crippen molar-refractivity contribution >= 4 is 5.91 Å². The fourth-order valence-corrected chi connectivity index (χ4v) is 1.67. The van der Waals surface area contributed by atoms with E-state index in [1.807, 2.05) is 13.8 Å². The molecule has 5 nitrogen and oxygen atoms in total. The maximum absolute atomic E-state index is 12.3. The molecule has 0 bridgehead atoms. The highest BCUT2D eigenvalue weighted by Crippen LogP contribution is 2.06. The van der Waals surface area contributed by atoms with Crippen LogP contribution >= 0.6 is 0 Å². The largest absolute Gasteiger partial charge is 0.384 e. The maximum atomic E-state index is 12.3. The maximum Gasteiger partial charge on any atom is 0.255 e. The van der Waals surface area contributed by atoms with Crippen LogP contribution in [0.15, 0.2) is 18.5 Å². The molecule has 0 radical (unpaired) electrons. The van der Waals surface area contributed by atoms with Crippen molar-refractivity contribution < 1.29 is 14.6 Å². The molecule has 1 aromatic rings. The summed E-state index contributed by atoms with van der Waals surface area (Å²) in [4.78, 5) is 18.0. The van der Waals surface area contributed by atoms with Gasteiger partial charge in [-0.15, -0.1) is 0 Å². The number of likely N-dealkylation sites (N-methyl/N-ethyl adjacent to an activating group) is 1. The molecule has 0 atom stereocenters. The number of pyridine rings is 1. The Morgan fingerprint density at radius 1 is 1.45 bits per heavy atom. The van der Waals surface area contributed by atoms with Crippen molar-refractivity contribution in [3.05, 3.63) is 29.6 Å². The highest BCUT2D eigenvalue weighted by molar-refractivity contribution is 5.94. The number of carbonyl (C=O) groups is 1. The van der Waals surface area contributed by atoms with E-state index in [-0.39, 0.29) is 12.5 Å². The molecule has 5 heteroatoms. The summed E-state index contributed by atoms with van der Waals surface area (Å²) in [6.07, 6.45) is 3.09. The number of aliphatic hydroxyl groups is 1. The van der Waals surface area contributed by atoms with E-state index in [1.165, 1.54) is 6.20 Å². The van der Waals surface area contributed by atoms with E-state index in [1.54, 1.807) is 17.2 Å². The van der Waals surface area contributed by atoms with E-state index < -0.39 is 0 Å². The van der Waals surface area contributed by atoms with Crippen LogP contribution in [0.5, 0.6) is 0 Å². The molecule has 1 rings (SSSR count). The predicted octanol–water partition coefficient (Wildman–Crippen LogP) is 0.924. The molecule has 0 aliphatic heterocycles. The minimum Gasteiger partial charge on any atom is -0.384 e. The van der Waals surface area contributed by atoms with Crippen molar-refractivity contribution in [3.63, 3.8) is 0 Å². The number of hydrogen-bond acceptors (Lipinski definition) is 4. The number of ether oxygens (including phenoxy) is 1. The van der Waals surface area contributed by atoms with Crippen LogP contribution in [0.25, 0.3) is 0 Å². The monoisotopic (exact) mass is 276 g/mol. The van der Waals surface area contributed by atoms with Crippen LogP contribution in [0.2, 0.25) is 0 Å². The summed E-state index contributed by atoms with van der Waals surface area (Å²) in [7, 11) is 0. The Balaban J connectivity index is 2.78. The van der Waals surface area contributed by atoms with Crippen LogP contribution in [0.4, 0.5) is 0 Å². The van der Waals surface area contributed by atoms with E-state index in [9.17, 15) is 4.79 Å². The molecule has 0 aromatic carbocycles. The predicted molar refractivity (Wildman–Crippen MR) is 76.3 cm³/mol. The first kappa shape index (κ1) is 16.2. The summed E-state index contributed by atoms with van der Waals surface area (Å²) in [5, 5.41) is 8.67. The molecule has 1 amide bonds. The molecule has 1 heterocycles. The van der Waals surface area contributed by atoms with E-state index in [0.29, 0.717) is 37.4 Å². The average Bonchev–Trinajstić information content (AvgIpc) is 2.49. The van der Waals surface area contributed by atoms with Crippen molar-refractivity contribution in [3.8, 4) is 11.8 Å². The summed E-state index contributed by atoms with van der Waals surface area (Å²) in [6, 6.07) is 1.68. The van der Waals surface area contributed by atoms with Gasteiger partial charge in [-0.3, -0.25) is 9.78 Å². The molecule has 0 aliphatic carbocycles. The van der Waals surface area contributed by atoms with Crippen molar-refractivity contribution in [2.45, 2.75) is 13.8 Å². The number of aliphatic hydroxyl groups excluding tert-OH is 1. The van der Waals surface area contributed by atoms with Gasteiger partial charge in [-0.05, 0) is 19.9 Å². The zero-order chi connectivity index (χ0) is 14.8. The lowest BCUT2D eigenvalue weighted by Crippen LogP contribution is -2.34. The van der Waals surface area contributed by atoms with Crippen molar-refractivity contribution in [1.82, 2.24) is 9.88 Å². The number of rotatable bonds is 6. The summed E-state index contributed by atoms with van der Waals surface area (Å²) < 4.78 is 5.27. The number of amides is 1. The second kappa shape index (κ2) is 9.08. The molecule has 108 valence electrons. The smallest absolute Gasteiger partial charge is 0.255 e. The van der Waals surface area contributed by atoms with Crippen LogP contribution in [-0.4, -0.2) is 53.8 Å². The van der Waals surface area contributed by atoms with Gasteiger partial charge in [0.2, 0.25) is 0 Å². The topological polar surface area (TPSA) is 62.7 Å². The number of carbonyl (C=O) groups excluding carboxylic acids is 1. The minimum atomic E-state index is -0.215. The fraction of sp³-hybridized carbons (Fsp3) is 0.467. The molecular weight excluding hydrogens is 256 g/mol. The van der Waals surface area contributed by atoms with E-state index in [2.05, 4.69) is 16.8 Å². The van der Waals surface area contributed by atoms with Crippen LogP contribution in [-0.2, 0) is 4.74 Å². The van der Waals surface area contributed by atoms with E-state index in [0.717, 1.165) is 0 Å². The van der Waals surface area contributed by atoms with Crippen molar-refractivity contribution in [2.75, 3.05) is 32.9 Å². The van der Waals surface area contributed by atoms with Gasteiger partial charge in [-0.1, -0.05) is 11.8 Å². The summed E-state index contributed by atoms with van der Waals surface area (Å²) in [6.45, 7) is 5.95. The van der Waals surface area contributed by atoms with Crippen molar-refractivity contribution in [1.29, 1.82) is 0 Å². The van der Waals surface area contributed by atoms with Gasteiger partial charge in [0.05, 0.1) is 12.2 Å².